The molecule has 0 N–H and O–H groups in total. The van der Waals surface area contributed by atoms with Crippen LogP contribution < -0.4 is 4.74 Å². The van der Waals surface area contributed by atoms with E-state index < -0.39 is 6.43 Å². The zero-order valence-corrected chi connectivity index (χ0v) is 15.1. The molecule has 1 aliphatic carbocycles. The number of halogens is 2. The van der Waals surface area contributed by atoms with Crippen molar-refractivity contribution in [1.82, 2.24) is 0 Å². The number of thiocarbonyl (C=S) groups is 1. The van der Waals surface area contributed by atoms with E-state index >= 15 is 0 Å². The Balaban J connectivity index is 1.61. The molecule has 0 aromatic heterocycles. The first-order valence-electron chi connectivity index (χ1n) is 8.73. The highest BCUT2D eigenvalue weighted by Gasteiger charge is 2.19. The van der Waals surface area contributed by atoms with Gasteiger partial charge in [0.2, 0.25) is 0 Å². The molecule has 0 unspecified atom stereocenters. The van der Waals surface area contributed by atoms with Crippen molar-refractivity contribution in [1.29, 1.82) is 0 Å². The van der Waals surface area contributed by atoms with Crippen molar-refractivity contribution in [2.75, 3.05) is 0 Å². The lowest BCUT2D eigenvalue weighted by Crippen LogP contribution is -2.11. The lowest BCUT2D eigenvalue weighted by molar-refractivity contribution is 0.151. The van der Waals surface area contributed by atoms with E-state index in [-0.39, 0.29) is 5.56 Å². The molecule has 2 aromatic carbocycles. The first-order chi connectivity index (χ1) is 12.0. The summed E-state index contributed by atoms with van der Waals surface area (Å²) in [7, 11) is 0. The summed E-state index contributed by atoms with van der Waals surface area (Å²) in [5.74, 6) is 2.16. The van der Waals surface area contributed by atoms with Crippen LogP contribution in [-0.2, 0) is 0 Å². The SMILES string of the molecule is C[C@H]1CC[C@H](c2ccc(OC(=S)c3ccc(C(F)F)cc3)cc2)CC1. The average Bonchev–Trinajstić information content (AvgIpc) is 2.63. The third-order valence-corrected chi connectivity index (χ3v) is 5.30. The summed E-state index contributed by atoms with van der Waals surface area (Å²) in [6.45, 7) is 2.32. The zero-order valence-electron chi connectivity index (χ0n) is 14.3. The maximum Gasteiger partial charge on any atom is 0.263 e. The van der Waals surface area contributed by atoms with Gasteiger partial charge in [-0.3, -0.25) is 0 Å². The van der Waals surface area contributed by atoms with Gasteiger partial charge in [0.25, 0.3) is 6.43 Å². The van der Waals surface area contributed by atoms with Crippen LogP contribution in [0.3, 0.4) is 0 Å². The van der Waals surface area contributed by atoms with E-state index in [1.807, 2.05) is 12.1 Å². The third-order valence-electron chi connectivity index (χ3n) is 4.98. The summed E-state index contributed by atoms with van der Waals surface area (Å²) < 4.78 is 30.9. The fraction of sp³-hybridized carbons (Fsp3) is 0.381. The fourth-order valence-corrected chi connectivity index (χ4v) is 3.56. The van der Waals surface area contributed by atoms with Crippen LogP contribution >= 0.6 is 12.2 Å². The first-order valence-corrected chi connectivity index (χ1v) is 9.14. The molecule has 0 bridgehead atoms. The van der Waals surface area contributed by atoms with Crippen molar-refractivity contribution in [3.05, 3.63) is 65.2 Å². The minimum atomic E-state index is -2.47. The standard InChI is InChI=1S/C21H22F2OS/c1-14-2-4-15(5-3-14)16-10-12-19(13-11-16)24-21(25)18-8-6-17(7-9-18)20(22)23/h6-15,20H,2-5H2,1H3/t14-,15-. The predicted molar refractivity (Wildman–Crippen MR) is 101 cm³/mol. The fourth-order valence-electron chi connectivity index (χ4n) is 3.33. The third kappa shape index (κ3) is 4.63. The Hall–Kier alpha value is -1.81. The minimum absolute atomic E-state index is 0.0160. The molecular weight excluding hydrogens is 338 g/mol. The van der Waals surface area contributed by atoms with Gasteiger partial charge in [0.15, 0.2) is 5.05 Å². The summed E-state index contributed by atoms with van der Waals surface area (Å²) in [6.07, 6.45) is 2.61. The van der Waals surface area contributed by atoms with Crippen LogP contribution in [0.25, 0.3) is 0 Å². The van der Waals surface area contributed by atoms with E-state index in [0.717, 1.165) is 5.92 Å². The van der Waals surface area contributed by atoms with Crippen molar-refractivity contribution in [2.24, 2.45) is 5.92 Å². The molecular formula is C21H22F2OS. The van der Waals surface area contributed by atoms with Crippen LogP contribution in [0.15, 0.2) is 48.5 Å². The smallest absolute Gasteiger partial charge is 0.263 e. The molecule has 0 atom stereocenters. The largest absolute Gasteiger partial charge is 0.445 e. The predicted octanol–water partition coefficient (Wildman–Crippen LogP) is 6.67. The Morgan fingerprint density at radius 3 is 2.12 bits per heavy atom. The molecule has 0 amide bonds. The highest BCUT2D eigenvalue weighted by Crippen LogP contribution is 2.36. The van der Waals surface area contributed by atoms with E-state index in [9.17, 15) is 8.78 Å². The van der Waals surface area contributed by atoms with Crippen LogP contribution in [0.2, 0.25) is 0 Å². The van der Waals surface area contributed by atoms with Gasteiger partial charge >= 0.3 is 0 Å². The first kappa shape index (κ1) is 18.0. The molecule has 2 aromatic rings. The van der Waals surface area contributed by atoms with Crippen molar-refractivity contribution in [3.63, 3.8) is 0 Å². The molecule has 0 spiro atoms. The molecule has 0 heterocycles. The summed E-state index contributed by atoms with van der Waals surface area (Å²) in [5.41, 5.74) is 1.97. The van der Waals surface area contributed by atoms with Gasteiger partial charge in [-0.15, -0.1) is 0 Å². The number of alkyl halides is 2. The zero-order chi connectivity index (χ0) is 17.8. The molecule has 3 rings (SSSR count). The van der Waals surface area contributed by atoms with Crippen molar-refractivity contribution < 1.29 is 13.5 Å². The molecule has 1 saturated carbocycles. The van der Waals surface area contributed by atoms with Crippen LogP contribution in [0.4, 0.5) is 8.78 Å². The normalized spacial score (nSPS) is 20.5. The lowest BCUT2D eigenvalue weighted by atomic mass is 9.79. The van der Waals surface area contributed by atoms with Crippen LogP contribution in [0, 0.1) is 5.92 Å². The van der Waals surface area contributed by atoms with E-state index in [1.165, 1.54) is 43.4 Å². The topological polar surface area (TPSA) is 9.23 Å². The molecule has 0 radical (unpaired) electrons. The van der Waals surface area contributed by atoms with Crippen LogP contribution in [0.5, 0.6) is 5.75 Å². The number of ether oxygens (including phenoxy) is 1. The molecule has 1 aliphatic rings. The molecule has 25 heavy (non-hydrogen) atoms. The second kappa shape index (κ2) is 8.05. The quantitative estimate of drug-likeness (QED) is 0.563. The average molecular weight is 360 g/mol. The number of benzene rings is 2. The van der Waals surface area contributed by atoms with Crippen molar-refractivity contribution >= 4 is 17.3 Å². The highest BCUT2D eigenvalue weighted by molar-refractivity contribution is 7.80. The van der Waals surface area contributed by atoms with Gasteiger partial charge in [-0.05, 0) is 66.7 Å². The molecule has 0 saturated heterocycles. The van der Waals surface area contributed by atoms with Gasteiger partial charge in [-0.25, -0.2) is 8.78 Å². The van der Waals surface area contributed by atoms with Crippen LogP contribution in [0.1, 0.15) is 61.6 Å². The second-order valence-corrected chi connectivity index (χ2v) is 7.21. The van der Waals surface area contributed by atoms with Crippen molar-refractivity contribution in [2.45, 2.75) is 45.0 Å². The van der Waals surface area contributed by atoms with Gasteiger partial charge in [0.05, 0.1) is 0 Å². The van der Waals surface area contributed by atoms with E-state index in [0.29, 0.717) is 22.3 Å². The molecule has 1 fully saturated rings. The van der Waals surface area contributed by atoms with Gasteiger partial charge in [0, 0.05) is 11.1 Å². The molecule has 4 heteroatoms. The maximum atomic E-state index is 12.6. The molecule has 132 valence electrons. The summed E-state index contributed by atoms with van der Waals surface area (Å²) >= 11 is 5.27. The molecule has 1 nitrogen and oxygen atoms in total. The van der Waals surface area contributed by atoms with Gasteiger partial charge < -0.3 is 4.74 Å². The van der Waals surface area contributed by atoms with Gasteiger partial charge in [-0.2, -0.15) is 0 Å². The number of hydrogen-bond acceptors (Lipinski definition) is 2. The molecule has 0 aliphatic heterocycles. The Bertz CT molecular complexity index is 702. The van der Waals surface area contributed by atoms with Crippen LogP contribution in [-0.4, -0.2) is 5.05 Å². The minimum Gasteiger partial charge on any atom is -0.445 e. The Kier molecular flexibility index (Phi) is 5.79. The van der Waals surface area contributed by atoms with E-state index in [1.54, 1.807) is 12.1 Å². The Labute approximate surface area is 153 Å². The number of hydrogen-bond donors (Lipinski definition) is 0. The summed E-state index contributed by atoms with van der Waals surface area (Å²) in [4.78, 5) is 0. The summed E-state index contributed by atoms with van der Waals surface area (Å²) in [5, 5.41) is 0.292. The van der Waals surface area contributed by atoms with E-state index in [2.05, 4.69) is 19.1 Å². The maximum absolute atomic E-state index is 12.6. The number of rotatable bonds is 4. The van der Waals surface area contributed by atoms with Gasteiger partial charge in [0.1, 0.15) is 5.75 Å². The summed E-state index contributed by atoms with van der Waals surface area (Å²) in [6, 6.07) is 14.0. The van der Waals surface area contributed by atoms with E-state index in [4.69, 9.17) is 17.0 Å². The highest BCUT2D eigenvalue weighted by atomic mass is 32.1. The second-order valence-electron chi connectivity index (χ2n) is 6.84. The van der Waals surface area contributed by atoms with Gasteiger partial charge in [-0.1, -0.05) is 44.0 Å². The Morgan fingerprint density at radius 1 is 0.960 bits per heavy atom. The van der Waals surface area contributed by atoms with Crippen molar-refractivity contribution in [3.8, 4) is 5.75 Å². The lowest BCUT2D eigenvalue weighted by Gasteiger charge is -2.26. The monoisotopic (exact) mass is 360 g/mol. The Morgan fingerprint density at radius 2 is 1.56 bits per heavy atom.